The number of ether oxygens (including phenoxy) is 1. The molecule has 7 aromatic rings. The molecular weight excluding hydrogens is 1000 g/mol. The Bertz CT molecular complexity index is 3130. The molecule has 4 unspecified atom stereocenters. The molecule has 3 aliphatic carbocycles. The van der Waals surface area contributed by atoms with E-state index in [1.165, 1.54) is 7.11 Å². The monoisotopic (exact) mass is 1050 g/mol. The molecule has 4 atom stereocenters. The number of ketones is 1. The molecule has 2 N–H and O–H groups in total. The van der Waals surface area contributed by atoms with Crippen LogP contribution in [0.15, 0.2) is 122 Å². The maximum Gasteiger partial charge on any atom is 0.316 e. The van der Waals surface area contributed by atoms with Crippen LogP contribution in [0.3, 0.4) is 0 Å². The molecule has 1 saturated carbocycles. The van der Waals surface area contributed by atoms with Crippen molar-refractivity contribution < 1.29 is 14.3 Å². The first-order chi connectivity index (χ1) is 33.2. The van der Waals surface area contributed by atoms with Crippen LogP contribution in [0.4, 0.5) is 5.82 Å². The number of carbonyl (C=O) groups is 2. The molecule has 3 aliphatic rings. The Hall–Kier alpha value is -6.81. The highest BCUT2D eigenvalue weighted by Gasteiger charge is 2.32. The number of nitrogens with zero attached hydrogens (tertiary/aromatic N) is 7. The highest BCUT2D eigenvalue weighted by molar-refractivity contribution is 9.10. The van der Waals surface area contributed by atoms with Crippen LogP contribution in [0.2, 0.25) is 0 Å². The van der Waals surface area contributed by atoms with Crippen LogP contribution in [-0.2, 0) is 40.0 Å². The summed E-state index contributed by atoms with van der Waals surface area (Å²) >= 11 is 6.65. The molecule has 354 valence electrons. The van der Waals surface area contributed by atoms with Gasteiger partial charge in [0, 0.05) is 63.0 Å². The van der Waals surface area contributed by atoms with E-state index < -0.39 is 5.92 Å². The minimum Gasteiger partial charge on any atom is -0.468 e. The summed E-state index contributed by atoms with van der Waals surface area (Å²) < 4.78 is 9.71. The lowest BCUT2D eigenvalue weighted by atomic mass is 9.82. The number of methoxy groups -OCH3 is 1. The van der Waals surface area contributed by atoms with Crippen molar-refractivity contribution in [3.8, 4) is 24.2 Å². The zero-order chi connectivity index (χ0) is 49.5. The molecule has 0 aromatic carbocycles. The predicted molar refractivity (Wildman–Crippen MR) is 275 cm³/mol. The van der Waals surface area contributed by atoms with E-state index in [0.717, 1.165) is 93.3 Å². The van der Waals surface area contributed by atoms with Crippen molar-refractivity contribution in [2.45, 2.75) is 78.6 Å². The van der Waals surface area contributed by atoms with E-state index in [4.69, 9.17) is 17.1 Å². The van der Waals surface area contributed by atoms with Crippen molar-refractivity contribution in [1.29, 1.82) is 0 Å². The summed E-state index contributed by atoms with van der Waals surface area (Å²) in [6.07, 6.45) is 21.4. The van der Waals surface area contributed by atoms with Gasteiger partial charge in [-0.3, -0.25) is 28.0 Å². The smallest absolute Gasteiger partial charge is 0.316 e. The fraction of sp³-hybridized carbons (Fsp3) is 0.315. The molecule has 15 heteroatoms. The van der Waals surface area contributed by atoms with Gasteiger partial charge in [-0.2, -0.15) is 0 Å². The zero-order valence-electron chi connectivity index (χ0n) is 39.1. The highest BCUT2D eigenvalue weighted by Crippen LogP contribution is 2.27. The predicted octanol–water partition coefficient (Wildman–Crippen LogP) is 8.85. The number of hydrogen-bond donors (Lipinski definition) is 1. The largest absolute Gasteiger partial charge is 0.468 e. The van der Waals surface area contributed by atoms with E-state index in [1.54, 1.807) is 51.9 Å². The van der Waals surface area contributed by atoms with Gasteiger partial charge in [0.15, 0.2) is 0 Å². The van der Waals surface area contributed by atoms with Gasteiger partial charge < -0.3 is 10.5 Å². The molecule has 10 rings (SSSR count). The van der Waals surface area contributed by atoms with Gasteiger partial charge in [0.1, 0.15) is 40.2 Å². The van der Waals surface area contributed by atoms with Gasteiger partial charge in [0.05, 0.1) is 18.5 Å². The van der Waals surface area contributed by atoms with Crippen molar-refractivity contribution in [3.63, 3.8) is 0 Å². The van der Waals surface area contributed by atoms with Crippen LogP contribution in [-0.4, -0.2) is 52.6 Å². The first-order valence-electron chi connectivity index (χ1n) is 22.7. The number of esters is 1. The third kappa shape index (κ3) is 14.6. The summed E-state index contributed by atoms with van der Waals surface area (Å²) in [5, 5.41) is 0. The second kappa shape index (κ2) is 25.0. The highest BCUT2D eigenvalue weighted by atomic mass is 79.9. The van der Waals surface area contributed by atoms with Crippen LogP contribution >= 0.6 is 31.9 Å². The number of aromatic nitrogens is 7. The van der Waals surface area contributed by atoms with Crippen LogP contribution in [0.25, 0.3) is 11.3 Å². The molecule has 0 spiro atoms. The Kier molecular flexibility index (Phi) is 18.7. The Morgan fingerprint density at radius 2 is 1.25 bits per heavy atom. The van der Waals surface area contributed by atoms with E-state index >= 15 is 0 Å². The maximum atomic E-state index is 12.6. The number of nitrogens with two attached hydrogens (primary N) is 1. The van der Waals surface area contributed by atoms with Gasteiger partial charge in [0.25, 0.3) is 11.1 Å². The molecule has 0 aliphatic heterocycles. The van der Waals surface area contributed by atoms with Crippen molar-refractivity contribution >= 4 is 60.7 Å². The molecule has 1 fully saturated rings. The summed E-state index contributed by atoms with van der Waals surface area (Å²) in [6, 6.07) is 22.2. The number of anilines is 1. The normalized spacial score (nSPS) is 17.6. The standard InChI is InChI=1S/C20H17N3O.C13H13BrN2O.C9H14O3.C7H5N.C5H5BrN2/c1-14-5-8-17-18(12-14)22-19-13-15(9-11-23(19)20(17)24)6-7-16-4-2-3-10-21-16;1-8-2-3-10-11(6-8)15-12-7-9(14)4-5-16(12)13(10)17;1-6-3-4-7(8(10)5-6)9(11)12-2;1-2-7-5-3-4-6-8-7;6-4-1-2-8-5(7)3-4/h2-4,9-11,13-14H,5,8,12H2,1H3;4-5,7-8H,2-3,6H2,1H3;6-7H,3-5H2,1-2H3;1,3-6H;1-3H,(H2,7,8). The van der Waals surface area contributed by atoms with Crippen LogP contribution in [0.5, 0.6) is 0 Å². The first kappa shape index (κ1) is 51.6. The third-order valence-corrected chi connectivity index (χ3v) is 12.8. The minimum absolute atomic E-state index is 0.0422. The Morgan fingerprint density at radius 3 is 1.75 bits per heavy atom. The van der Waals surface area contributed by atoms with Crippen LogP contribution in [0, 0.1) is 47.9 Å². The average molecular weight is 1050 g/mol. The van der Waals surface area contributed by atoms with Gasteiger partial charge in [-0.1, -0.05) is 76.6 Å². The summed E-state index contributed by atoms with van der Waals surface area (Å²) in [7, 11) is 1.33. The van der Waals surface area contributed by atoms with Gasteiger partial charge in [-0.25, -0.2) is 24.9 Å². The fourth-order valence-electron chi connectivity index (χ4n) is 8.01. The number of Topliss-reactive ketones (excluding diaryl/α,β-unsaturated/α-hetero) is 1. The topological polar surface area (TPSA) is 177 Å². The number of fused-ring (bicyclic) bond motifs is 4. The Labute approximate surface area is 418 Å². The molecule has 0 bridgehead atoms. The number of rotatable bonds is 1. The van der Waals surface area contributed by atoms with E-state index in [2.05, 4.69) is 88.1 Å². The molecular formula is C54H54Br2N8O5. The minimum atomic E-state index is -0.480. The summed E-state index contributed by atoms with van der Waals surface area (Å²) in [4.78, 5) is 68.5. The zero-order valence-corrected chi connectivity index (χ0v) is 42.2. The Balaban J connectivity index is 0.000000152. The van der Waals surface area contributed by atoms with Gasteiger partial charge in [0.2, 0.25) is 0 Å². The number of terminal acetylenes is 1. The Morgan fingerprint density at radius 1 is 0.681 bits per heavy atom. The third-order valence-electron chi connectivity index (χ3n) is 11.8. The van der Waals surface area contributed by atoms with Gasteiger partial charge in [-0.05, 0) is 136 Å². The molecule has 0 amide bonds. The molecule has 7 heterocycles. The molecule has 0 radical (unpaired) electrons. The van der Waals surface area contributed by atoms with Crippen molar-refractivity contribution in [2.75, 3.05) is 12.8 Å². The van der Waals surface area contributed by atoms with E-state index in [1.807, 2.05) is 67.6 Å². The summed E-state index contributed by atoms with van der Waals surface area (Å²) in [6.45, 7) is 6.46. The van der Waals surface area contributed by atoms with E-state index in [9.17, 15) is 19.2 Å². The van der Waals surface area contributed by atoms with Crippen LogP contribution in [0.1, 0.15) is 92.3 Å². The van der Waals surface area contributed by atoms with E-state index in [0.29, 0.717) is 47.8 Å². The van der Waals surface area contributed by atoms with Crippen molar-refractivity contribution in [3.05, 3.63) is 173 Å². The maximum absolute atomic E-state index is 12.6. The fourth-order valence-corrected chi connectivity index (χ4v) is 8.69. The second-order valence-electron chi connectivity index (χ2n) is 17.2. The summed E-state index contributed by atoms with van der Waals surface area (Å²) in [5.41, 5.74) is 12.8. The number of carbonyl (C=O) groups excluding carboxylic acids is 2. The number of hydrogen-bond acceptors (Lipinski definition) is 11. The van der Waals surface area contributed by atoms with Gasteiger partial charge >= 0.3 is 5.97 Å². The molecule has 69 heavy (non-hydrogen) atoms. The quantitative estimate of drug-likeness (QED) is 0.0944. The lowest BCUT2D eigenvalue weighted by Gasteiger charge is -2.22. The second-order valence-corrected chi connectivity index (χ2v) is 19.1. The first-order valence-corrected chi connectivity index (χ1v) is 24.3. The van der Waals surface area contributed by atoms with Crippen LogP contribution < -0.4 is 16.9 Å². The molecule has 0 saturated heterocycles. The summed E-state index contributed by atoms with van der Waals surface area (Å²) in [5.74, 6) is 9.92. The van der Waals surface area contributed by atoms with Crippen molar-refractivity contribution in [1.82, 2.24) is 33.7 Å². The number of nitrogen functional groups attached to an aromatic ring is 1. The molecule has 7 aromatic heterocycles. The molecule has 13 nitrogen and oxygen atoms in total. The lowest BCUT2D eigenvalue weighted by Crippen LogP contribution is -2.30. The van der Waals surface area contributed by atoms with Gasteiger partial charge in [-0.15, -0.1) is 6.42 Å². The average Bonchev–Trinajstić information content (AvgIpc) is 3.34. The van der Waals surface area contributed by atoms with Crippen molar-refractivity contribution in [2.24, 2.45) is 23.7 Å². The van der Waals surface area contributed by atoms with E-state index in [-0.39, 0.29) is 22.9 Å². The number of halogens is 2. The number of pyridine rings is 5. The SMILES string of the molecule is C#Cc1ccccn1.CC1CCc2c(nc3cc(Br)ccn3c2=O)C1.CC1CCc2c(nc3cc(C#Cc4ccccn4)ccn3c2=O)C1.COC(=O)C1CCC(C)CC1=O.Nc1cc(Br)ccn1. The lowest BCUT2D eigenvalue weighted by molar-refractivity contribution is -0.151.